The van der Waals surface area contributed by atoms with Crippen molar-refractivity contribution in [2.45, 2.75) is 71.8 Å². The molecule has 1 aromatic heterocycles. The van der Waals surface area contributed by atoms with Crippen LogP contribution in [-0.4, -0.2) is 9.55 Å². The molecule has 1 rings (SSSR count). The highest BCUT2D eigenvalue weighted by Gasteiger charge is 1.98. The second kappa shape index (κ2) is 8.51. The highest BCUT2D eigenvalue weighted by Crippen LogP contribution is 2.10. The fraction of sp³-hybridized carbons (Fsp3) is 0.786. The maximum absolute atomic E-state index is 5.23. The number of hydrogen-bond donors (Lipinski definition) is 1. The second-order valence-electron chi connectivity index (χ2n) is 4.86. The molecule has 0 aliphatic rings. The molecular weight excluding hydrogens is 228 g/mol. The Balaban J connectivity index is 2.03. The van der Waals surface area contributed by atoms with E-state index in [0.717, 1.165) is 11.3 Å². The van der Waals surface area contributed by atoms with E-state index in [-0.39, 0.29) is 0 Å². The van der Waals surface area contributed by atoms with Crippen molar-refractivity contribution in [1.82, 2.24) is 9.55 Å². The van der Waals surface area contributed by atoms with E-state index in [2.05, 4.69) is 23.4 Å². The third-order valence-corrected chi connectivity index (χ3v) is 3.65. The van der Waals surface area contributed by atoms with E-state index in [0.29, 0.717) is 0 Å². The van der Waals surface area contributed by atoms with Gasteiger partial charge in [-0.05, 0) is 25.6 Å². The summed E-state index contributed by atoms with van der Waals surface area (Å²) in [5, 5.41) is 0. The van der Waals surface area contributed by atoms with E-state index in [1.807, 2.05) is 6.20 Å². The van der Waals surface area contributed by atoms with Gasteiger partial charge in [0.05, 0.1) is 0 Å². The molecule has 1 heterocycles. The van der Waals surface area contributed by atoms with Crippen LogP contribution in [-0.2, 0) is 6.54 Å². The molecule has 0 radical (unpaired) electrons. The molecule has 0 aliphatic carbocycles. The molecular formula is C14H26N2S. The summed E-state index contributed by atoms with van der Waals surface area (Å²) >= 11 is 5.23. The Hall–Kier alpha value is -0.570. The minimum absolute atomic E-state index is 0.866. The lowest BCUT2D eigenvalue weighted by Gasteiger charge is -2.05. The highest BCUT2D eigenvalue weighted by molar-refractivity contribution is 7.71. The Morgan fingerprint density at radius 3 is 2.18 bits per heavy atom. The molecule has 0 fully saturated rings. The molecule has 3 heteroatoms. The molecule has 98 valence electrons. The van der Waals surface area contributed by atoms with Crippen molar-refractivity contribution in [3.63, 3.8) is 0 Å². The number of aromatic amines is 1. The molecule has 0 aromatic carbocycles. The molecule has 0 saturated carbocycles. The van der Waals surface area contributed by atoms with Crippen molar-refractivity contribution in [3.05, 3.63) is 16.7 Å². The third kappa shape index (κ3) is 5.53. The zero-order valence-electron chi connectivity index (χ0n) is 11.3. The topological polar surface area (TPSA) is 20.7 Å². The van der Waals surface area contributed by atoms with Crippen LogP contribution in [0.4, 0.5) is 0 Å². The fourth-order valence-electron chi connectivity index (χ4n) is 2.16. The molecule has 1 N–H and O–H groups in total. The Kier molecular flexibility index (Phi) is 7.25. The van der Waals surface area contributed by atoms with Crippen LogP contribution in [0.2, 0.25) is 0 Å². The third-order valence-electron chi connectivity index (χ3n) is 3.31. The normalized spacial score (nSPS) is 10.9. The minimum Gasteiger partial charge on any atom is -0.337 e. The lowest BCUT2D eigenvalue weighted by Crippen LogP contribution is -2.00. The van der Waals surface area contributed by atoms with Crippen LogP contribution >= 0.6 is 12.2 Å². The van der Waals surface area contributed by atoms with Crippen LogP contribution in [0, 0.1) is 11.7 Å². The lowest BCUT2D eigenvalue weighted by atomic mass is 10.1. The zero-order chi connectivity index (χ0) is 12.5. The molecule has 0 saturated heterocycles. The Morgan fingerprint density at radius 2 is 1.65 bits per heavy atom. The first-order valence-corrected chi connectivity index (χ1v) is 7.41. The fourth-order valence-corrected chi connectivity index (χ4v) is 2.46. The van der Waals surface area contributed by atoms with Crippen molar-refractivity contribution in [1.29, 1.82) is 0 Å². The van der Waals surface area contributed by atoms with Gasteiger partial charge in [0.25, 0.3) is 0 Å². The largest absolute Gasteiger partial charge is 0.337 e. The van der Waals surface area contributed by atoms with Gasteiger partial charge >= 0.3 is 0 Å². The molecule has 17 heavy (non-hydrogen) atoms. The summed E-state index contributed by atoms with van der Waals surface area (Å²) in [6, 6.07) is 0. The number of nitrogens with zero attached hydrogens (tertiary/aromatic N) is 1. The number of nitrogens with one attached hydrogen (secondary N) is 1. The number of aromatic nitrogens is 2. The van der Waals surface area contributed by atoms with E-state index in [4.69, 9.17) is 12.2 Å². The zero-order valence-corrected chi connectivity index (χ0v) is 12.1. The first kappa shape index (κ1) is 14.5. The molecule has 2 nitrogen and oxygen atoms in total. The number of rotatable bonds is 9. The predicted octanol–water partition coefficient (Wildman–Crippen LogP) is 4.99. The second-order valence-corrected chi connectivity index (χ2v) is 5.25. The van der Waals surface area contributed by atoms with Gasteiger partial charge in [-0.15, -0.1) is 0 Å². The van der Waals surface area contributed by atoms with Gasteiger partial charge in [-0.3, -0.25) is 0 Å². The van der Waals surface area contributed by atoms with Crippen molar-refractivity contribution in [2.24, 2.45) is 0 Å². The van der Waals surface area contributed by atoms with Crippen molar-refractivity contribution in [2.75, 3.05) is 0 Å². The Morgan fingerprint density at radius 1 is 1.06 bits per heavy atom. The summed E-state index contributed by atoms with van der Waals surface area (Å²) in [6.45, 7) is 5.45. The SMILES string of the molecule is CCCCCCCCCCn1c(C)c[nH]c1=S. The van der Waals surface area contributed by atoms with Crippen LogP contribution in [0.1, 0.15) is 64.0 Å². The Labute approximate surface area is 110 Å². The summed E-state index contributed by atoms with van der Waals surface area (Å²) < 4.78 is 3.07. The minimum atomic E-state index is 0.866. The maximum Gasteiger partial charge on any atom is 0.177 e. The molecule has 0 amide bonds. The van der Waals surface area contributed by atoms with Gasteiger partial charge < -0.3 is 9.55 Å². The number of aryl methyl sites for hydroxylation is 1. The van der Waals surface area contributed by atoms with Gasteiger partial charge in [0.1, 0.15) is 0 Å². The smallest absolute Gasteiger partial charge is 0.177 e. The molecule has 0 atom stereocenters. The first-order valence-electron chi connectivity index (χ1n) is 7.00. The van der Waals surface area contributed by atoms with E-state index in [9.17, 15) is 0 Å². The Bertz CT molecular complexity index is 351. The van der Waals surface area contributed by atoms with E-state index in [1.54, 1.807) is 0 Å². The van der Waals surface area contributed by atoms with Gasteiger partial charge in [-0.25, -0.2) is 0 Å². The van der Waals surface area contributed by atoms with E-state index in [1.165, 1.54) is 57.1 Å². The lowest BCUT2D eigenvalue weighted by molar-refractivity contribution is 0.538. The van der Waals surface area contributed by atoms with Crippen LogP contribution in [0.5, 0.6) is 0 Å². The molecule has 0 unspecified atom stereocenters. The number of H-pyrrole nitrogens is 1. The van der Waals surface area contributed by atoms with Crippen LogP contribution in [0.25, 0.3) is 0 Å². The van der Waals surface area contributed by atoms with Crippen LogP contribution < -0.4 is 0 Å². The first-order chi connectivity index (χ1) is 8.25. The monoisotopic (exact) mass is 254 g/mol. The van der Waals surface area contributed by atoms with Crippen LogP contribution in [0.15, 0.2) is 6.20 Å². The highest BCUT2D eigenvalue weighted by atomic mass is 32.1. The summed E-state index contributed by atoms with van der Waals surface area (Å²) in [7, 11) is 0. The van der Waals surface area contributed by atoms with Gasteiger partial charge in [0, 0.05) is 18.4 Å². The molecule has 0 bridgehead atoms. The summed E-state index contributed by atoms with van der Waals surface area (Å²) in [5.74, 6) is 0. The molecule has 1 aromatic rings. The average molecular weight is 254 g/mol. The summed E-state index contributed by atoms with van der Waals surface area (Å²) in [4.78, 5) is 3.09. The quantitative estimate of drug-likeness (QED) is 0.486. The standard InChI is InChI=1S/C14H26N2S/c1-3-4-5-6-7-8-9-10-11-16-13(2)12-15-14(16)17/h12H,3-11H2,1-2H3,(H,15,17). The predicted molar refractivity (Wildman–Crippen MR) is 77.0 cm³/mol. The van der Waals surface area contributed by atoms with Gasteiger partial charge in [0.15, 0.2) is 4.77 Å². The van der Waals surface area contributed by atoms with Gasteiger partial charge in [0.2, 0.25) is 0 Å². The molecule has 0 aliphatic heterocycles. The van der Waals surface area contributed by atoms with E-state index < -0.39 is 0 Å². The van der Waals surface area contributed by atoms with Gasteiger partial charge in [-0.1, -0.05) is 51.9 Å². The van der Waals surface area contributed by atoms with Crippen molar-refractivity contribution in [3.8, 4) is 0 Å². The van der Waals surface area contributed by atoms with Crippen molar-refractivity contribution >= 4 is 12.2 Å². The van der Waals surface area contributed by atoms with E-state index >= 15 is 0 Å². The van der Waals surface area contributed by atoms with Crippen LogP contribution in [0.3, 0.4) is 0 Å². The number of unbranched alkanes of at least 4 members (excludes halogenated alkanes) is 7. The maximum atomic E-state index is 5.23. The number of hydrogen-bond acceptors (Lipinski definition) is 1. The summed E-state index contributed by atoms with van der Waals surface area (Å²) in [5.41, 5.74) is 1.25. The molecule has 0 spiro atoms. The van der Waals surface area contributed by atoms with Crippen molar-refractivity contribution < 1.29 is 0 Å². The average Bonchev–Trinajstić information content (AvgIpc) is 2.63. The van der Waals surface area contributed by atoms with Gasteiger partial charge in [-0.2, -0.15) is 0 Å². The number of imidazole rings is 1. The summed E-state index contributed by atoms with van der Waals surface area (Å²) in [6.07, 6.45) is 12.9.